The average Bonchev–Trinajstić information content (AvgIpc) is 2.61. The van der Waals surface area contributed by atoms with E-state index in [-0.39, 0.29) is 18.5 Å². The molecule has 0 heterocycles. The van der Waals surface area contributed by atoms with Crippen molar-refractivity contribution in [3.63, 3.8) is 0 Å². The monoisotopic (exact) mass is 416 g/mol. The van der Waals surface area contributed by atoms with Gasteiger partial charge in [-0.1, -0.05) is 38.1 Å². The number of benzene rings is 2. The minimum Gasteiger partial charge on any atom is -0.348 e. The molecule has 0 spiro atoms. The fourth-order valence-electron chi connectivity index (χ4n) is 3.37. The van der Waals surface area contributed by atoms with Crippen LogP contribution in [-0.4, -0.2) is 27.1 Å². The molecule has 0 saturated carbocycles. The molecule has 5 nitrogen and oxygen atoms in total. The molecule has 0 aromatic heterocycles. The van der Waals surface area contributed by atoms with Crippen LogP contribution in [0, 0.1) is 20.8 Å². The van der Waals surface area contributed by atoms with Gasteiger partial charge in [0.2, 0.25) is 15.9 Å². The molecule has 0 aliphatic heterocycles. The van der Waals surface area contributed by atoms with Crippen LogP contribution in [0.4, 0.5) is 5.69 Å². The van der Waals surface area contributed by atoms with Gasteiger partial charge in [0, 0.05) is 0 Å². The third-order valence-corrected chi connectivity index (χ3v) is 6.40. The molecule has 0 radical (unpaired) electrons. The number of aryl methyl sites for hydroxylation is 3. The topological polar surface area (TPSA) is 66.5 Å². The predicted molar refractivity (Wildman–Crippen MR) is 120 cm³/mol. The number of amides is 1. The van der Waals surface area contributed by atoms with Crippen molar-refractivity contribution in [2.45, 2.75) is 53.5 Å². The second-order valence-electron chi connectivity index (χ2n) is 8.10. The van der Waals surface area contributed by atoms with Crippen LogP contribution in [0.1, 0.15) is 60.5 Å². The van der Waals surface area contributed by atoms with Gasteiger partial charge in [-0.15, -0.1) is 0 Å². The Balaban J connectivity index is 2.19. The van der Waals surface area contributed by atoms with Gasteiger partial charge in [-0.2, -0.15) is 0 Å². The second kappa shape index (κ2) is 8.99. The van der Waals surface area contributed by atoms with Gasteiger partial charge in [-0.05, 0) is 73.6 Å². The number of hydrogen-bond donors (Lipinski definition) is 1. The predicted octanol–water partition coefficient (Wildman–Crippen LogP) is 4.38. The van der Waals surface area contributed by atoms with E-state index in [0.717, 1.165) is 32.8 Å². The third-order valence-electron chi connectivity index (χ3n) is 5.26. The van der Waals surface area contributed by atoms with E-state index in [1.165, 1.54) is 5.56 Å². The number of rotatable bonds is 7. The van der Waals surface area contributed by atoms with Crippen LogP contribution in [0.15, 0.2) is 36.4 Å². The van der Waals surface area contributed by atoms with Gasteiger partial charge in [0.1, 0.15) is 6.54 Å². The maximum absolute atomic E-state index is 12.7. The van der Waals surface area contributed by atoms with Crippen molar-refractivity contribution in [2.24, 2.45) is 0 Å². The quantitative estimate of drug-likeness (QED) is 0.728. The highest BCUT2D eigenvalue weighted by atomic mass is 32.2. The molecule has 158 valence electrons. The lowest BCUT2D eigenvalue weighted by molar-refractivity contribution is -0.120. The first-order valence-electron chi connectivity index (χ1n) is 9.85. The van der Waals surface area contributed by atoms with E-state index in [1.807, 2.05) is 32.9 Å². The first-order chi connectivity index (χ1) is 13.4. The molecule has 29 heavy (non-hydrogen) atoms. The van der Waals surface area contributed by atoms with Crippen molar-refractivity contribution >= 4 is 21.6 Å². The Morgan fingerprint density at radius 3 is 2.03 bits per heavy atom. The number of nitrogens with zero attached hydrogens (tertiary/aromatic N) is 1. The van der Waals surface area contributed by atoms with E-state index >= 15 is 0 Å². The molecule has 0 saturated heterocycles. The maximum atomic E-state index is 12.7. The van der Waals surface area contributed by atoms with Gasteiger partial charge in [0.05, 0.1) is 18.0 Å². The van der Waals surface area contributed by atoms with Gasteiger partial charge < -0.3 is 5.32 Å². The number of carbonyl (C=O) groups excluding carboxylic acids is 1. The lowest BCUT2D eigenvalue weighted by Crippen LogP contribution is -2.41. The van der Waals surface area contributed by atoms with E-state index in [1.54, 1.807) is 12.1 Å². The lowest BCUT2D eigenvalue weighted by atomic mass is 9.96. The van der Waals surface area contributed by atoms with E-state index < -0.39 is 10.0 Å². The summed E-state index contributed by atoms with van der Waals surface area (Å²) in [6.07, 6.45) is 1.12. The fourth-order valence-corrected chi connectivity index (χ4v) is 4.23. The Labute approximate surface area is 175 Å². The largest absolute Gasteiger partial charge is 0.348 e. The van der Waals surface area contributed by atoms with Crippen LogP contribution in [0.25, 0.3) is 0 Å². The summed E-state index contributed by atoms with van der Waals surface area (Å²) < 4.78 is 25.8. The summed E-state index contributed by atoms with van der Waals surface area (Å²) in [5, 5.41) is 2.94. The van der Waals surface area contributed by atoms with Crippen molar-refractivity contribution in [2.75, 3.05) is 17.1 Å². The Morgan fingerprint density at radius 1 is 0.966 bits per heavy atom. The second-order valence-corrected chi connectivity index (χ2v) is 10.0. The fraction of sp³-hybridized carbons (Fsp3) is 0.435. The summed E-state index contributed by atoms with van der Waals surface area (Å²) in [6, 6.07) is 11.3. The summed E-state index contributed by atoms with van der Waals surface area (Å²) in [6.45, 7) is 11.9. The smallest absolute Gasteiger partial charge is 0.241 e. The number of hydrogen-bond acceptors (Lipinski definition) is 3. The van der Waals surface area contributed by atoms with Crippen molar-refractivity contribution in [1.82, 2.24) is 5.32 Å². The summed E-state index contributed by atoms with van der Waals surface area (Å²) in [7, 11) is -3.59. The van der Waals surface area contributed by atoms with Crippen molar-refractivity contribution < 1.29 is 13.2 Å². The van der Waals surface area contributed by atoms with Crippen molar-refractivity contribution in [3.8, 4) is 0 Å². The minimum atomic E-state index is -3.59. The zero-order valence-electron chi connectivity index (χ0n) is 18.4. The maximum Gasteiger partial charge on any atom is 0.241 e. The van der Waals surface area contributed by atoms with Crippen LogP contribution in [0.3, 0.4) is 0 Å². The van der Waals surface area contributed by atoms with Gasteiger partial charge in [-0.25, -0.2) is 8.42 Å². The van der Waals surface area contributed by atoms with E-state index in [9.17, 15) is 13.2 Å². The number of sulfonamides is 1. The molecule has 2 aromatic rings. The number of nitrogens with one attached hydrogen (secondary N) is 1. The standard InChI is InChI=1S/C23H32N2O3S/c1-15(2)20-8-10-21(11-9-20)25(29(7,27)28)14-23(26)24-19(6)22-13-17(4)16(3)12-18(22)5/h8-13,15,19H,14H2,1-7H3,(H,24,26). The highest BCUT2D eigenvalue weighted by Crippen LogP contribution is 2.23. The molecule has 1 N–H and O–H groups in total. The van der Waals surface area contributed by atoms with Crippen LogP contribution in [-0.2, 0) is 14.8 Å². The molecule has 1 atom stereocenters. The first kappa shape index (κ1) is 22.9. The molecular weight excluding hydrogens is 384 g/mol. The van der Waals surface area contributed by atoms with Gasteiger partial charge in [0.15, 0.2) is 0 Å². The Kier molecular flexibility index (Phi) is 7.11. The molecule has 0 bridgehead atoms. The van der Waals surface area contributed by atoms with Gasteiger partial charge >= 0.3 is 0 Å². The average molecular weight is 417 g/mol. The zero-order valence-corrected chi connectivity index (χ0v) is 19.2. The number of anilines is 1. The molecule has 1 amide bonds. The van der Waals surface area contributed by atoms with Crippen LogP contribution in [0.5, 0.6) is 0 Å². The van der Waals surface area contributed by atoms with Crippen LogP contribution < -0.4 is 9.62 Å². The first-order valence-corrected chi connectivity index (χ1v) is 11.7. The molecule has 2 rings (SSSR count). The lowest BCUT2D eigenvalue weighted by Gasteiger charge is -2.24. The SMILES string of the molecule is Cc1cc(C)c(C(C)NC(=O)CN(c2ccc(C(C)C)cc2)S(C)(=O)=O)cc1C. The molecule has 1 unspecified atom stereocenters. The molecule has 0 aliphatic rings. The molecule has 2 aromatic carbocycles. The highest BCUT2D eigenvalue weighted by Gasteiger charge is 2.22. The normalized spacial score (nSPS) is 12.7. The Bertz CT molecular complexity index is 980. The van der Waals surface area contributed by atoms with Gasteiger partial charge in [0.25, 0.3) is 0 Å². The summed E-state index contributed by atoms with van der Waals surface area (Å²) in [5.41, 5.74) is 6.11. The molecule has 6 heteroatoms. The third kappa shape index (κ3) is 5.82. The van der Waals surface area contributed by atoms with E-state index in [4.69, 9.17) is 0 Å². The Hall–Kier alpha value is -2.34. The molecule has 0 fully saturated rings. The van der Waals surface area contributed by atoms with E-state index in [2.05, 4.69) is 38.2 Å². The van der Waals surface area contributed by atoms with Crippen molar-refractivity contribution in [1.29, 1.82) is 0 Å². The summed E-state index contributed by atoms with van der Waals surface area (Å²) in [4.78, 5) is 12.7. The Morgan fingerprint density at radius 2 is 1.52 bits per heavy atom. The zero-order chi connectivity index (χ0) is 21.9. The summed E-state index contributed by atoms with van der Waals surface area (Å²) >= 11 is 0. The van der Waals surface area contributed by atoms with Crippen LogP contribution in [0.2, 0.25) is 0 Å². The van der Waals surface area contributed by atoms with Gasteiger partial charge in [-0.3, -0.25) is 9.10 Å². The van der Waals surface area contributed by atoms with E-state index in [0.29, 0.717) is 11.6 Å². The molecular formula is C23H32N2O3S. The minimum absolute atomic E-state index is 0.216. The molecule has 0 aliphatic carbocycles. The number of carbonyl (C=O) groups is 1. The van der Waals surface area contributed by atoms with Crippen molar-refractivity contribution in [3.05, 3.63) is 64.2 Å². The summed E-state index contributed by atoms with van der Waals surface area (Å²) in [5.74, 6) is 0.00887. The van der Waals surface area contributed by atoms with Crippen LogP contribution >= 0.6 is 0 Å². The highest BCUT2D eigenvalue weighted by molar-refractivity contribution is 7.92.